The number of carbonyl (C=O) groups is 1. The molecule has 0 aliphatic heterocycles. The number of rotatable bonds is 8. The van der Waals surface area contributed by atoms with E-state index in [9.17, 15) is 22.4 Å². The fourth-order valence-corrected chi connectivity index (χ4v) is 5.55. The van der Waals surface area contributed by atoms with Gasteiger partial charge >= 0.3 is 6.36 Å². The smallest absolute Gasteiger partial charge is 0.406 e. The molecule has 228 valence electrons. The highest BCUT2D eigenvalue weighted by Gasteiger charge is 2.31. The number of carbonyl (C=O) groups excluding carboxylic acids is 1. The number of halogens is 5. The van der Waals surface area contributed by atoms with Crippen LogP contribution in [-0.2, 0) is 4.79 Å². The molecule has 44 heavy (non-hydrogen) atoms. The number of thiazole rings is 1. The Morgan fingerprint density at radius 1 is 0.977 bits per heavy atom. The first-order valence-corrected chi connectivity index (χ1v) is 14.2. The molecule has 0 fully saturated rings. The van der Waals surface area contributed by atoms with Crippen LogP contribution in [0.3, 0.4) is 0 Å². The van der Waals surface area contributed by atoms with E-state index in [1.807, 2.05) is 48.9 Å². The van der Waals surface area contributed by atoms with Crippen molar-refractivity contribution in [2.75, 3.05) is 0 Å². The van der Waals surface area contributed by atoms with E-state index in [0.29, 0.717) is 16.1 Å². The molecule has 2 heterocycles. The fraction of sp³-hybridized carbons (Fsp3) is 0.226. The summed E-state index contributed by atoms with van der Waals surface area (Å²) in [5.41, 5.74) is 4.72. The molecule has 0 saturated heterocycles. The van der Waals surface area contributed by atoms with Crippen LogP contribution in [-0.4, -0.2) is 37.8 Å². The monoisotopic (exact) mass is 627 g/mol. The predicted molar refractivity (Wildman–Crippen MR) is 155 cm³/mol. The van der Waals surface area contributed by atoms with E-state index < -0.39 is 31.0 Å². The van der Waals surface area contributed by atoms with Gasteiger partial charge in [0.05, 0.1) is 17.8 Å². The van der Waals surface area contributed by atoms with Crippen molar-refractivity contribution in [3.05, 3.63) is 106 Å². The Kier molecular flexibility index (Phi) is 8.77. The van der Waals surface area contributed by atoms with Crippen LogP contribution >= 0.6 is 11.3 Å². The first kappa shape index (κ1) is 30.8. The van der Waals surface area contributed by atoms with Gasteiger partial charge in [-0.05, 0) is 61.7 Å². The molecule has 0 spiro atoms. The Balaban J connectivity index is 1.26. The van der Waals surface area contributed by atoms with Gasteiger partial charge in [0.1, 0.15) is 18.2 Å². The summed E-state index contributed by atoms with van der Waals surface area (Å²) < 4.78 is 74.3. The number of nitrogens with zero attached hydrogens (tertiary/aromatic N) is 5. The largest absolute Gasteiger partial charge is 0.573 e. The molecule has 2 aromatic heterocycles. The number of alkyl halides is 5. The van der Waals surface area contributed by atoms with Crippen molar-refractivity contribution in [3.63, 3.8) is 0 Å². The van der Waals surface area contributed by atoms with Crippen molar-refractivity contribution in [1.82, 2.24) is 19.3 Å². The van der Waals surface area contributed by atoms with Crippen LogP contribution in [0.1, 0.15) is 35.0 Å². The number of ether oxygens (including phenoxy) is 1. The molecular weight excluding hydrogens is 601 g/mol. The molecule has 2 atom stereocenters. The van der Waals surface area contributed by atoms with E-state index in [4.69, 9.17) is 0 Å². The van der Waals surface area contributed by atoms with E-state index in [2.05, 4.69) is 19.8 Å². The van der Waals surface area contributed by atoms with Crippen molar-refractivity contribution >= 4 is 17.2 Å². The zero-order valence-corrected chi connectivity index (χ0v) is 24.5. The fourth-order valence-electron chi connectivity index (χ4n) is 4.67. The maximum atomic E-state index is 15.1. The van der Waals surface area contributed by atoms with Crippen LogP contribution in [0.4, 0.5) is 22.0 Å². The van der Waals surface area contributed by atoms with Gasteiger partial charge in [-0.1, -0.05) is 42.5 Å². The highest BCUT2D eigenvalue weighted by Crippen LogP contribution is 2.29. The van der Waals surface area contributed by atoms with Crippen LogP contribution in [0.2, 0.25) is 0 Å². The molecule has 0 saturated carbocycles. The van der Waals surface area contributed by atoms with Crippen LogP contribution in [0.5, 0.6) is 5.75 Å². The number of hydrogen-bond donors (Lipinski definition) is 0. The number of para-hydroxylation sites is 1. The molecular formula is C31H26F5N5O2S. The molecule has 1 amide bonds. The minimum absolute atomic E-state index is 0.0336. The van der Waals surface area contributed by atoms with E-state index in [-0.39, 0.29) is 17.1 Å². The molecule has 2 unspecified atom stereocenters. The Labute approximate surface area is 252 Å². The first-order valence-electron chi connectivity index (χ1n) is 13.4. The second kappa shape index (κ2) is 12.5. The van der Waals surface area contributed by atoms with E-state index in [1.165, 1.54) is 58.7 Å². The maximum Gasteiger partial charge on any atom is 0.573 e. The van der Waals surface area contributed by atoms with Crippen molar-refractivity contribution in [1.29, 1.82) is 0 Å². The average molecular weight is 628 g/mol. The van der Waals surface area contributed by atoms with Crippen molar-refractivity contribution in [3.8, 4) is 28.5 Å². The zero-order valence-electron chi connectivity index (χ0n) is 23.7. The Morgan fingerprint density at radius 2 is 1.64 bits per heavy atom. The second-order valence-electron chi connectivity index (χ2n) is 10.0. The lowest BCUT2D eigenvalue weighted by atomic mass is 10.0. The van der Waals surface area contributed by atoms with Gasteiger partial charge in [0, 0.05) is 16.6 Å². The molecule has 3 aromatic carbocycles. The van der Waals surface area contributed by atoms with E-state index in [0.717, 1.165) is 34.6 Å². The third-order valence-corrected chi connectivity index (χ3v) is 7.71. The molecule has 5 aromatic rings. The van der Waals surface area contributed by atoms with Gasteiger partial charge in [0.25, 0.3) is 5.91 Å². The SMILES string of the molecule is Cc1cccc(C)c1-n1c(C)csc1=NC(=O)CC(F)C(F)c1ccc(-c2ncn(-c3ccc(OC(F)(F)F)cc3)n2)cc1. The molecule has 0 aliphatic rings. The lowest BCUT2D eigenvalue weighted by molar-refractivity contribution is -0.274. The number of hydrogen-bond acceptors (Lipinski definition) is 5. The Hall–Kier alpha value is -4.65. The van der Waals surface area contributed by atoms with Gasteiger partial charge in [-0.3, -0.25) is 9.36 Å². The van der Waals surface area contributed by atoms with Gasteiger partial charge in [0.2, 0.25) is 0 Å². The number of benzene rings is 3. The average Bonchev–Trinajstić information content (AvgIpc) is 3.60. The molecule has 0 aliphatic carbocycles. The quantitative estimate of drug-likeness (QED) is 0.167. The minimum Gasteiger partial charge on any atom is -0.406 e. The highest BCUT2D eigenvalue weighted by molar-refractivity contribution is 7.07. The second-order valence-corrected chi connectivity index (χ2v) is 10.9. The van der Waals surface area contributed by atoms with Crippen molar-refractivity contribution < 1.29 is 31.5 Å². The van der Waals surface area contributed by atoms with Gasteiger partial charge < -0.3 is 4.74 Å². The van der Waals surface area contributed by atoms with E-state index in [1.54, 1.807) is 0 Å². The number of aromatic nitrogens is 4. The first-order chi connectivity index (χ1) is 20.9. The summed E-state index contributed by atoms with van der Waals surface area (Å²) in [5.74, 6) is -0.884. The third kappa shape index (κ3) is 6.94. The minimum atomic E-state index is -4.80. The summed E-state index contributed by atoms with van der Waals surface area (Å²) in [6.45, 7) is 5.80. The zero-order chi connectivity index (χ0) is 31.6. The van der Waals surface area contributed by atoms with Gasteiger partial charge in [-0.25, -0.2) is 18.4 Å². The van der Waals surface area contributed by atoms with Gasteiger partial charge in [0.15, 0.2) is 16.8 Å². The van der Waals surface area contributed by atoms with Crippen molar-refractivity contribution in [2.24, 2.45) is 4.99 Å². The summed E-state index contributed by atoms with van der Waals surface area (Å²) in [5, 5.41) is 6.15. The normalized spacial score (nSPS) is 13.6. The van der Waals surface area contributed by atoms with Crippen LogP contribution < -0.4 is 9.54 Å². The standard InChI is InChI=1S/C31H26F5N5O2S/c1-18-5-4-6-19(2)28(18)41-20(3)16-44-30(41)38-26(42)15-25(32)27(33)21-7-9-22(10-8-21)29-37-17-40(39-29)23-11-13-24(14-12-23)43-31(34,35)36/h4-14,16-17,25,27H,15H2,1-3H3. The van der Waals surface area contributed by atoms with Crippen LogP contribution in [0.25, 0.3) is 22.8 Å². The Bertz CT molecular complexity index is 1820. The van der Waals surface area contributed by atoms with Gasteiger partial charge in [-0.2, -0.15) is 4.99 Å². The molecule has 0 radical (unpaired) electrons. The topological polar surface area (TPSA) is 74.3 Å². The summed E-state index contributed by atoms with van der Waals surface area (Å²) in [4.78, 5) is 21.4. The van der Waals surface area contributed by atoms with Crippen LogP contribution in [0, 0.1) is 20.8 Å². The summed E-state index contributed by atoms with van der Waals surface area (Å²) >= 11 is 1.25. The molecule has 5 rings (SSSR count). The predicted octanol–water partition coefficient (Wildman–Crippen LogP) is 7.48. The molecule has 0 N–H and O–H groups in total. The molecule has 7 nitrogen and oxygen atoms in total. The maximum absolute atomic E-state index is 15.1. The van der Waals surface area contributed by atoms with Crippen molar-refractivity contribution in [2.45, 2.75) is 45.9 Å². The third-order valence-electron chi connectivity index (χ3n) is 6.76. The summed E-state index contributed by atoms with van der Waals surface area (Å²) in [6.07, 6.45) is -8.35. The summed E-state index contributed by atoms with van der Waals surface area (Å²) in [7, 11) is 0. The lowest BCUT2D eigenvalue weighted by Gasteiger charge is -2.14. The summed E-state index contributed by atoms with van der Waals surface area (Å²) in [6, 6.07) is 16.7. The molecule has 0 bridgehead atoms. The highest BCUT2D eigenvalue weighted by atomic mass is 32.1. The number of amides is 1. The lowest BCUT2D eigenvalue weighted by Crippen LogP contribution is -2.20. The van der Waals surface area contributed by atoms with Crippen LogP contribution in [0.15, 0.2) is 83.4 Å². The van der Waals surface area contributed by atoms with E-state index >= 15 is 4.39 Å². The number of aryl methyl sites for hydroxylation is 3. The van der Waals surface area contributed by atoms with Gasteiger partial charge in [-0.15, -0.1) is 29.6 Å². The Morgan fingerprint density at radius 3 is 2.27 bits per heavy atom. The molecule has 13 heteroatoms.